The number of rotatable bonds is 6. The zero-order valence-electron chi connectivity index (χ0n) is 13.5. The normalized spacial score (nSPS) is 12.9. The van der Waals surface area contributed by atoms with Crippen molar-refractivity contribution in [3.8, 4) is 0 Å². The molecule has 1 unspecified atom stereocenters. The van der Waals surface area contributed by atoms with Gasteiger partial charge in [0.05, 0.1) is 0 Å². The van der Waals surface area contributed by atoms with Crippen LogP contribution in [0.25, 0.3) is 0 Å². The first kappa shape index (κ1) is 16.2. The fourth-order valence-electron chi connectivity index (χ4n) is 3.13. The number of likely N-dealkylation sites (N-methyl/N-ethyl adjacent to an activating group) is 1. The molecule has 0 radical (unpaired) electrons. The van der Waals surface area contributed by atoms with Gasteiger partial charge in [0, 0.05) is 24.0 Å². The third-order valence-corrected chi connectivity index (χ3v) is 5.05. The second-order valence-corrected chi connectivity index (χ2v) is 6.91. The van der Waals surface area contributed by atoms with Crippen LogP contribution in [0.5, 0.6) is 0 Å². The monoisotopic (exact) mass is 302 g/mol. The van der Waals surface area contributed by atoms with Crippen molar-refractivity contribution in [1.29, 1.82) is 0 Å². The third kappa shape index (κ3) is 3.94. The van der Waals surface area contributed by atoms with Crippen LogP contribution in [0.1, 0.15) is 33.2 Å². The van der Waals surface area contributed by atoms with E-state index < -0.39 is 0 Å². The van der Waals surface area contributed by atoms with E-state index in [0.717, 1.165) is 13.0 Å². The van der Waals surface area contributed by atoms with Gasteiger partial charge in [0.15, 0.2) is 0 Å². The number of thiophene rings is 1. The average Bonchev–Trinajstić information content (AvgIpc) is 2.93. The van der Waals surface area contributed by atoms with Crippen LogP contribution in [0, 0.1) is 20.8 Å². The number of nitrogens with zero attached hydrogens (tertiary/aromatic N) is 1. The molecule has 21 heavy (non-hydrogen) atoms. The van der Waals surface area contributed by atoms with Crippen molar-refractivity contribution in [2.24, 2.45) is 5.73 Å². The standard InChI is InChI=1S/C18H26N2S/c1-13-10-14(2)18(15(3)11-13)17(12-19)20(4)8-7-16-6-5-9-21-16/h5-6,9-11,17H,7-8,12,19H2,1-4H3. The molecule has 114 valence electrons. The molecule has 1 aromatic heterocycles. The molecule has 1 aromatic carbocycles. The Bertz CT molecular complexity index is 552. The Balaban J connectivity index is 2.15. The Morgan fingerprint density at radius 1 is 1.19 bits per heavy atom. The topological polar surface area (TPSA) is 29.3 Å². The summed E-state index contributed by atoms with van der Waals surface area (Å²) in [5.74, 6) is 0. The Hall–Kier alpha value is -1.16. The summed E-state index contributed by atoms with van der Waals surface area (Å²) in [6.45, 7) is 8.25. The highest BCUT2D eigenvalue weighted by Crippen LogP contribution is 2.27. The van der Waals surface area contributed by atoms with Crippen molar-refractivity contribution in [3.05, 3.63) is 56.8 Å². The lowest BCUT2D eigenvalue weighted by Crippen LogP contribution is -2.33. The molecule has 0 aliphatic heterocycles. The molecule has 2 aromatic rings. The van der Waals surface area contributed by atoms with Crippen molar-refractivity contribution in [2.45, 2.75) is 33.2 Å². The number of nitrogens with two attached hydrogens (primary N) is 1. The molecule has 0 spiro atoms. The van der Waals surface area contributed by atoms with Crippen LogP contribution >= 0.6 is 11.3 Å². The molecule has 3 heteroatoms. The first-order valence-corrected chi connectivity index (χ1v) is 8.41. The number of benzene rings is 1. The summed E-state index contributed by atoms with van der Waals surface area (Å²) in [6, 6.07) is 9.15. The van der Waals surface area contributed by atoms with E-state index in [1.54, 1.807) is 0 Å². The van der Waals surface area contributed by atoms with E-state index in [1.807, 2.05) is 11.3 Å². The Labute approximate surface area is 132 Å². The number of hydrogen-bond donors (Lipinski definition) is 1. The molecule has 0 aliphatic carbocycles. The summed E-state index contributed by atoms with van der Waals surface area (Å²) in [5, 5.41) is 2.14. The largest absolute Gasteiger partial charge is 0.329 e. The molecule has 0 saturated heterocycles. The van der Waals surface area contributed by atoms with Crippen LogP contribution in [0.2, 0.25) is 0 Å². The fraction of sp³-hybridized carbons (Fsp3) is 0.444. The van der Waals surface area contributed by atoms with Crippen molar-refractivity contribution in [2.75, 3.05) is 20.1 Å². The minimum absolute atomic E-state index is 0.297. The molecule has 2 nitrogen and oxygen atoms in total. The smallest absolute Gasteiger partial charge is 0.0472 e. The van der Waals surface area contributed by atoms with Gasteiger partial charge in [-0.05, 0) is 62.4 Å². The lowest BCUT2D eigenvalue weighted by atomic mass is 9.93. The summed E-state index contributed by atoms with van der Waals surface area (Å²) in [5.41, 5.74) is 11.5. The fourth-order valence-corrected chi connectivity index (χ4v) is 3.83. The first-order valence-electron chi connectivity index (χ1n) is 7.53. The van der Waals surface area contributed by atoms with Gasteiger partial charge in [-0.25, -0.2) is 0 Å². The highest BCUT2D eigenvalue weighted by molar-refractivity contribution is 7.09. The van der Waals surface area contributed by atoms with Crippen LogP contribution in [0.4, 0.5) is 0 Å². The van der Waals surface area contributed by atoms with E-state index in [1.165, 1.54) is 27.1 Å². The summed E-state index contributed by atoms with van der Waals surface area (Å²) >= 11 is 1.83. The van der Waals surface area contributed by atoms with Crippen LogP contribution in [0.15, 0.2) is 29.6 Å². The lowest BCUT2D eigenvalue weighted by molar-refractivity contribution is 0.252. The minimum atomic E-state index is 0.297. The Morgan fingerprint density at radius 2 is 1.86 bits per heavy atom. The highest BCUT2D eigenvalue weighted by atomic mass is 32.1. The molecule has 0 amide bonds. The van der Waals surface area contributed by atoms with E-state index >= 15 is 0 Å². The molecule has 0 fully saturated rings. The van der Waals surface area contributed by atoms with Crippen molar-refractivity contribution >= 4 is 11.3 Å². The Morgan fingerprint density at radius 3 is 2.38 bits per heavy atom. The van der Waals surface area contributed by atoms with Crippen LogP contribution in [-0.4, -0.2) is 25.0 Å². The molecular weight excluding hydrogens is 276 g/mol. The van der Waals surface area contributed by atoms with Crippen molar-refractivity contribution in [1.82, 2.24) is 4.90 Å². The van der Waals surface area contributed by atoms with Gasteiger partial charge in [-0.15, -0.1) is 11.3 Å². The van der Waals surface area contributed by atoms with Crippen LogP contribution in [-0.2, 0) is 6.42 Å². The molecule has 2 N–H and O–H groups in total. The van der Waals surface area contributed by atoms with Gasteiger partial charge >= 0.3 is 0 Å². The van der Waals surface area contributed by atoms with E-state index in [-0.39, 0.29) is 0 Å². The van der Waals surface area contributed by atoms with Gasteiger partial charge in [-0.3, -0.25) is 4.90 Å². The maximum Gasteiger partial charge on any atom is 0.0472 e. The van der Waals surface area contributed by atoms with Crippen molar-refractivity contribution < 1.29 is 0 Å². The van der Waals surface area contributed by atoms with Gasteiger partial charge in [0.25, 0.3) is 0 Å². The lowest BCUT2D eigenvalue weighted by Gasteiger charge is -2.30. The molecular formula is C18H26N2S. The second-order valence-electron chi connectivity index (χ2n) is 5.87. The minimum Gasteiger partial charge on any atom is -0.329 e. The zero-order valence-corrected chi connectivity index (χ0v) is 14.3. The van der Waals surface area contributed by atoms with E-state index in [2.05, 4.69) is 62.4 Å². The van der Waals surface area contributed by atoms with Gasteiger partial charge in [-0.1, -0.05) is 23.8 Å². The van der Waals surface area contributed by atoms with Gasteiger partial charge in [-0.2, -0.15) is 0 Å². The molecule has 1 heterocycles. The SMILES string of the molecule is Cc1cc(C)c(C(CN)N(C)CCc2cccs2)c(C)c1. The predicted octanol–water partition coefficient (Wildman–Crippen LogP) is 3.85. The van der Waals surface area contributed by atoms with Crippen LogP contribution in [0.3, 0.4) is 0 Å². The third-order valence-electron chi connectivity index (χ3n) is 4.12. The summed E-state index contributed by atoms with van der Waals surface area (Å²) < 4.78 is 0. The molecule has 1 atom stereocenters. The van der Waals surface area contributed by atoms with Gasteiger partial charge in [0.2, 0.25) is 0 Å². The second kappa shape index (κ2) is 7.21. The van der Waals surface area contributed by atoms with Gasteiger partial charge < -0.3 is 5.73 Å². The van der Waals surface area contributed by atoms with E-state index in [9.17, 15) is 0 Å². The summed E-state index contributed by atoms with van der Waals surface area (Å²) in [4.78, 5) is 3.83. The predicted molar refractivity (Wildman–Crippen MR) is 93.1 cm³/mol. The Kier molecular flexibility index (Phi) is 5.57. The van der Waals surface area contributed by atoms with Crippen molar-refractivity contribution in [3.63, 3.8) is 0 Å². The number of hydrogen-bond acceptors (Lipinski definition) is 3. The molecule has 0 aliphatic rings. The highest BCUT2D eigenvalue weighted by Gasteiger charge is 2.19. The summed E-state index contributed by atoms with van der Waals surface area (Å²) in [7, 11) is 2.18. The number of aryl methyl sites for hydroxylation is 3. The van der Waals surface area contributed by atoms with E-state index in [0.29, 0.717) is 12.6 Å². The average molecular weight is 302 g/mol. The first-order chi connectivity index (χ1) is 10.0. The van der Waals surface area contributed by atoms with E-state index in [4.69, 9.17) is 5.73 Å². The maximum atomic E-state index is 6.09. The van der Waals surface area contributed by atoms with Crippen LogP contribution < -0.4 is 5.73 Å². The molecule has 0 bridgehead atoms. The molecule has 2 rings (SSSR count). The van der Waals surface area contributed by atoms with Gasteiger partial charge in [0.1, 0.15) is 0 Å². The maximum absolute atomic E-state index is 6.09. The zero-order chi connectivity index (χ0) is 15.4. The molecule has 0 saturated carbocycles. The summed E-state index contributed by atoms with van der Waals surface area (Å²) in [6.07, 6.45) is 1.09. The quantitative estimate of drug-likeness (QED) is 0.878.